The van der Waals surface area contributed by atoms with E-state index in [1.165, 1.54) is 25.7 Å². The molecule has 0 aliphatic carbocycles. The van der Waals surface area contributed by atoms with Crippen molar-refractivity contribution in [3.05, 3.63) is 138 Å². The first-order chi connectivity index (χ1) is 18.9. The lowest BCUT2D eigenvalue weighted by molar-refractivity contribution is 0.363. The minimum Gasteiger partial charge on any atom is -0.398 e. The minimum atomic E-state index is -0.634. The number of fused-ring (bicyclic) bond motifs is 3. The van der Waals surface area contributed by atoms with Gasteiger partial charge in [-0.1, -0.05) is 73.9 Å². The van der Waals surface area contributed by atoms with Crippen molar-refractivity contribution in [2.24, 2.45) is 11.5 Å². The zero-order valence-corrected chi connectivity index (χ0v) is 23.3. The molecule has 0 saturated heterocycles. The van der Waals surface area contributed by atoms with Crippen LogP contribution in [0.1, 0.15) is 30.5 Å². The number of thiophene rings is 1. The molecule has 5 heteroatoms. The van der Waals surface area contributed by atoms with Crippen LogP contribution in [0.3, 0.4) is 0 Å². The molecule has 1 aromatic heterocycles. The van der Waals surface area contributed by atoms with Crippen molar-refractivity contribution in [3.63, 3.8) is 0 Å². The maximum absolute atomic E-state index is 8.91. The Balaban J connectivity index is 1.62. The molecule has 0 saturated carbocycles. The van der Waals surface area contributed by atoms with Crippen LogP contribution in [0.4, 0.5) is 0 Å². The highest BCUT2D eigenvalue weighted by molar-refractivity contribution is 7.25. The second kappa shape index (κ2) is 12.4. The van der Waals surface area contributed by atoms with E-state index in [0.717, 1.165) is 22.4 Å². The molecule has 0 bridgehead atoms. The number of nitrogens with zero attached hydrogens (tertiary/aromatic N) is 2. The lowest BCUT2D eigenvalue weighted by atomic mass is 9.97. The molecule has 4 rings (SSSR count). The number of nitrogens with two attached hydrogens (primary N) is 2. The van der Waals surface area contributed by atoms with Gasteiger partial charge in [0.05, 0.1) is 12.1 Å². The number of hydrogen-bond donors (Lipinski definition) is 2. The molecule has 1 aliphatic rings. The molecule has 0 fully saturated rings. The first kappa shape index (κ1) is 27.7. The minimum absolute atomic E-state index is 0.134. The molecule has 196 valence electrons. The van der Waals surface area contributed by atoms with Crippen molar-refractivity contribution in [3.8, 4) is 6.07 Å². The Bertz CT molecular complexity index is 1630. The van der Waals surface area contributed by atoms with Crippen molar-refractivity contribution >= 4 is 37.2 Å². The molecule has 0 spiro atoms. The first-order valence-electron chi connectivity index (χ1n) is 12.9. The SMILES string of the molecule is C=C/C(=C\C(N)C#N)C/C=C\C=C(/N)c1ccc2sc3ccc(C4C=CC=C(/C(C=C)=C/C)N4C)cc3c2c1. The predicted molar refractivity (Wildman–Crippen MR) is 169 cm³/mol. The van der Waals surface area contributed by atoms with Crippen LogP contribution in [0, 0.1) is 11.3 Å². The molecule has 0 amide bonds. The third kappa shape index (κ3) is 6.04. The highest BCUT2D eigenvalue weighted by Crippen LogP contribution is 2.38. The molecule has 2 atom stereocenters. The van der Waals surface area contributed by atoms with E-state index < -0.39 is 6.04 Å². The summed E-state index contributed by atoms with van der Waals surface area (Å²) in [5, 5.41) is 11.3. The van der Waals surface area contributed by atoms with Crippen molar-refractivity contribution in [1.82, 2.24) is 4.90 Å². The molecular formula is C34H34N4S. The molecule has 0 radical (unpaired) electrons. The van der Waals surface area contributed by atoms with Crippen molar-refractivity contribution in [2.45, 2.75) is 25.4 Å². The van der Waals surface area contributed by atoms with Gasteiger partial charge in [0.1, 0.15) is 6.04 Å². The number of benzene rings is 2. The molecule has 39 heavy (non-hydrogen) atoms. The normalized spacial score (nSPS) is 17.5. The number of allylic oxidation sites excluding steroid dienone is 9. The van der Waals surface area contributed by atoms with Gasteiger partial charge in [-0.2, -0.15) is 5.26 Å². The second-order valence-corrected chi connectivity index (χ2v) is 10.4. The van der Waals surface area contributed by atoms with Crippen LogP contribution in [0.25, 0.3) is 25.9 Å². The summed E-state index contributed by atoms with van der Waals surface area (Å²) in [6.45, 7) is 9.82. The monoisotopic (exact) mass is 530 g/mol. The zero-order chi connectivity index (χ0) is 27.9. The van der Waals surface area contributed by atoms with Gasteiger partial charge in [0.15, 0.2) is 0 Å². The third-order valence-electron chi connectivity index (χ3n) is 6.91. The van der Waals surface area contributed by atoms with Gasteiger partial charge < -0.3 is 16.4 Å². The summed E-state index contributed by atoms with van der Waals surface area (Å²) in [5.41, 5.74) is 18.2. The van der Waals surface area contributed by atoms with E-state index in [-0.39, 0.29) is 6.04 Å². The Kier molecular flexibility index (Phi) is 8.83. The molecule has 1 aliphatic heterocycles. The van der Waals surface area contributed by atoms with Crippen LogP contribution < -0.4 is 11.5 Å². The zero-order valence-electron chi connectivity index (χ0n) is 22.5. The maximum atomic E-state index is 8.91. The fourth-order valence-corrected chi connectivity index (χ4v) is 5.84. The largest absolute Gasteiger partial charge is 0.398 e. The first-order valence-corrected chi connectivity index (χ1v) is 13.7. The van der Waals surface area contributed by atoms with Gasteiger partial charge in [0, 0.05) is 38.6 Å². The van der Waals surface area contributed by atoms with E-state index in [2.05, 4.69) is 85.8 Å². The number of hydrogen-bond acceptors (Lipinski definition) is 5. The van der Waals surface area contributed by atoms with E-state index in [1.807, 2.05) is 37.3 Å². The Labute approximate surface area is 235 Å². The van der Waals surface area contributed by atoms with Gasteiger partial charge >= 0.3 is 0 Å². The Morgan fingerprint density at radius 1 is 1.15 bits per heavy atom. The maximum Gasteiger partial charge on any atom is 0.112 e. The van der Waals surface area contributed by atoms with Gasteiger partial charge in [-0.15, -0.1) is 11.3 Å². The van der Waals surface area contributed by atoms with Crippen molar-refractivity contribution in [2.75, 3.05) is 7.05 Å². The van der Waals surface area contributed by atoms with Crippen LogP contribution in [0.5, 0.6) is 0 Å². The van der Waals surface area contributed by atoms with Gasteiger partial charge in [-0.05, 0) is 72.0 Å². The topological polar surface area (TPSA) is 79.1 Å². The van der Waals surface area contributed by atoms with Crippen molar-refractivity contribution < 1.29 is 0 Å². The highest BCUT2D eigenvalue weighted by atomic mass is 32.1. The Hall–Kier alpha value is -4.37. The van der Waals surface area contributed by atoms with E-state index in [4.69, 9.17) is 16.7 Å². The van der Waals surface area contributed by atoms with Crippen LogP contribution in [-0.4, -0.2) is 18.0 Å². The lowest BCUT2D eigenvalue weighted by Crippen LogP contribution is -2.25. The fourth-order valence-electron chi connectivity index (χ4n) is 4.77. The summed E-state index contributed by atoms with van der Waals surface area (Å²) in [5.74, 6) is 0. The number of nitriles is 1. The molecule has 2 unspecified atom stereocenters. The quantitative estimate of drug-likeness (QED) is 0.276. The molecule has 4 N–H and O–H groups in total. The average Bonchev–Trinajstić information content (AvgIpc) is 3.33. The smallest absolute Gasteiger partial charge is 0.112 e. The van der Waals surface area contributed by atoms with Gasteiger partial charge in [-0.3, -0.25) is 0 Å². The standard InChI is InChI=1S/C34H34N4S/c1-5-23(19-27(36)22-35)11-8-9-12-30(37)25-15-17-33-28(20-25)29-21-26(16-18-34(29)39-33)32-14-10-13-31(38(32)4)24(6-2)7-3/h5-10,12-21,27,32H,1-2,11,36-37H2,3-4H3/b9-8-,23-19+,24-7+,30-12-. The summed E-state index contributed by atoms with van der Waals surface area (Å²) in [6.07, 6.45) is 20.4. The van der Waals surface area contributed by atoms with E-state index in [1.54, 1.807) is 23.5 Å². The average molecular weight is 531 g/mol. The van der Waals surface area contributed by atoms with Gasteiger partial charge in [0.2, 0.25) is 0 Å². The summed E-state index contributed by atoms with van der Waals surface area (Å²) in [7, 11) is 2.13. The number of likely N-dealkylation sites (N-methyl/N-ethyl adjacent to an activating group) is 1. The van der Waals surface area contributed by atoms with Crippen LogP contribution in [-0.2, 0) is 0 Å². The van der Waals surface area contributed by atoms with Gasteiger partial charge in [-0.25, -0.2) is 0 Å². The van der Waals surface area contributed by atoms with Gasteiger partial charge in [0.25, 0.3) is 0 Å². The van der Waals surface area contributed by atoms with E-state index >= 15 is 0 Å². The summed E-state index contributed by atoms with van der Waals surface area (Å²) >= 11 is 1.80. The third-order valence-corrected chi connectivity index (χ3v) is 8.06. The summed E-state index contributed by atoms with van der Waals surface area (Å²) in [6, 6.07) is 14.7. The number of rotatable bonds is 9. The van der Waals surface area contributed by atoms with Crippen molar-refractivity contribution in [1.29, 1.82) is 5.26 Å². The second-order valence-electron chi connectivity index (χ2n) is 9.36. The highest BCUT2D eigenvalue weighted by Gasteiger charge is 2.21. The molecule has 2 heterocycles. The molecule has 3 aromatic rings. The van der Waals surface area contributed by atoms with Crippen LogP contribution >= 0.6 is 11.3 Å². The van der Waals surface area contributed by atoms with Crippen LogP contribution in [0.2, 0.25) is 0 Å². The molecular weight excluding hydrogens is 496 g/mol. The summed E-state index contributed by atoms with van der Waals surface area (Å²) < 4.78 is 2.49. The Morgan fingerprint density at radius 3 is 2.59 bits per heavy atom. The summed E-state index contributed by atoms with van der Waals surface area (Å²) in [4.78, 5) is 2.30. The molecule has 2 aromatic carbocycles. The van der Waals surface area contributed by atoms with E-state index in [9.17, 15) is 0 Å². The van der Waals surface area contributed by atoms with E-state index in [0.29, 0.717) is 12.1 Å². The molecule has 4 nitrogen and oxygen atoms in total. The Morgan fingerprint density at radius 2 is 1.90 bits per heavy atom. The predicted octanol–water partition coefficient (Wildman–Crippen LogP) is 7.82. The fraction of sp³-hybridized carbons (Fsp3) is 0.147. The lowest BCUT2D eigenvalue weighted by Gasteiger charge is -2.33. The van der Waals surface area contributed by atoms with Crippen LogP contribution in [0.15, 0.2) is 127 Å².